The van der Waals surface area contributed by atoms with Crippen molar-refractivity contribution in [2.24, 2.45) is 0 Å². The van der Waals surface area contributed by atoms with E-state index < -0.39 is 60.0 Å². The number of pyridine rings is 1. The zero-order chi connectivity index (χ0) is 35.4. The van der Waals surface area contributed by atoms with Crippen LogP contribution in [0, 0.1) is 5.82 Å². The quantitative estimate of drug-likeness (QED) is 0.205. The summed E-state index contributed by atoms with van der Waals surface area (Å²) in [6.45, 7) is -0.248. The molecule has 0 spiro atoms. The third-order valence-electron chi connectivity index (χ3n) is 7.52. The summed E-state index contributed by atoms with van der Waals surface area (Å²) in [4.78, 5) is 70.1. The van der Waals surface area contributed by atoms with Crippen molar-refractivity contribution in [2.75, 3.05) is 6.61 Å². The Balaban J connectivity index is 1.20. The molecule has 1 aliphatic rings. The van der Waals surface area contributed by atoms with Gasteiger partial charge < -0.3 is 24.1 Å². The fourth-order valence-electron chi connectivity index (χ4n) is 5.05. The van der Waals surface area contributed by atoms with Gasteiger partial charge in [0.15, 0.2) is 5.75 Å². The number of thiophene rings is 1. The molecule has 256 valence electrons. The second-order valence-electron chi connectivity index (χ2n) is 10.8. The van der Waals surface area contributed by atoms with Crippen molar-refractivity contribution in [3.63, 3.8) is 0 Å². The van der Waals surface area contributed by atoms with E-state index in [9.17, 15) is 33.5 Å². The predicted molar refractivity (Wildman–Crippen MR) is 175 cm³/mol. The van der Waals surface area contributed by atoms with Crippen LogP contribution in [0.25, 0.3) is 0 Å². The largest absolute Gasteiger partial charge is 0.421 e. The molecule has 3 atom stereocenters. The lowest BCUT2D eigenvalue weighted by molar-refractivity contribution is -0.0657. The first kappa shape index (κ1) is 34.5. The van der Waals surface area contributed by atoms with Gasteiger partial charge in [-0.05, 0) is 41.8 Å². The molecule has 4 heterocycles. The number of carbonyl (C=O) groups is 3. The van der Waals surface area contributed by atoms with Crippen LogP contribution < -0.4 is 20.7 Å². The molecule has 1 N–H and O–H groups in total. The van der Waals surface area contributed by atoms with Gasteiger partial charge in [-0.25, -0.2) is 19.4 Å². The van der Waals surface area contributed by atoms with Crippen LogP contribution in [0.3, 0.4) is 0 Å². The summed E-state index contributed by atoms with van der Waals surface area (Å²) < 4.78 is 38.0. The number of hydrogen-bond acceptors (Lipinski definition) is 12. The Morgan fingerprint density at radius 3 is 2.46 bits per heavy atom. The number of halogens is 2. The Labute approximate surface area is 290 Å². The summed E-state index contributed by atoms with van der Waals surface area (Å²) >= 11 is 7.58. The number of ether oxygens (including phenoxy) is 4. The minimum Gasteiger partial charge on any atom is -0.421 e. The molecule has 1 aliphatic heterocycles. The van der Waals surface area contributed by atoms with Crippen LogP contribution in [0.1, 0.15) is 48.6 Å². The molecule has 50 heavy (non-hydrogen) atoms. The van der Waals surface area contributed by atoms with E-state index in [1.54, 1.807) is 18.2 Å². The lowest BCUT2D eigenvalue weighted by Crippen LogP contribution is -2.46. The first-order chi connectivity index (χ1) is 24.1. The van der Waals surface area contributed by atoms with Gasteiger partial charge in [0, 0.05) is 22.9 Å². The highest BCUT2D eigenvalue weighted by molar-refractivity contribution is 7.09. The van der Waals surface area contributed by atoms with Crippen molar-refractivity contribution in [1.82, 2.24) is 14.1 Å². The summed E-state index contributed by atoms with van der Waals surface area (Å²) in [5.41, 5.74) is -3.00. The van der Waals surface area contributed by atoms with E-state index in [4.69, 9.17) is 30.5 Å². The molecule has 1 fully saturated rings. The number of benzene rings is 2. The lowest BCUT2D eigenvalue weighted by atomic mass is 10.1. The number of aliphatic hydroxyl groups is 1. The molecule has 0 radical (unpaired) electrons. The average Bonchev–Trinajstić information content (AvgIpc) is 3.81. The lowest BCUT2D eigenvalue weighted by Gasteiger charge is -2.16. The van der Waals surface area contributed by atoms with E-state index in [-0.39, 0.29) is 50.9 Å². The second kappa shape index (κ2) is 15.1. The molecule has 1 saturated heterocycles. The standard InChI is InChI=1S/C34H25ClFN3O10S/c35-23-15-37-28(13-25(23)48-32(43)19-6-2-1-3-7-19)49-33(44)21-9-4-8-20(12-21)30(41)39-31(42)24(36)16-38(34(39)45)29-14-26(27(17-40)47-29)46-18-22-10-5-11-50-22/h1-13,15-16,26-27,29,40H,14,17-18H2/t26-,27+,29+/m0/s1. The SMILES string of the molecule is O=C(Oc1cc(OC(=O)c2ccccc2)c(Cl)cn1)c1cccc(C(=O)n2c(=O)c(F)cn([C@H]3C[C@H](OCc4cccs4)[C@@H](CO)O3)c2=O)c1. The minimum atomic E-state index is -1.52. The van der Waals surface area contributed by atoms with Crippen LogP contribution in [0.15, 0.2) is 100 Å². The Morgan fingerprint density at radius 1 is 0.980 bits per heavy atom. The molecular formula is C34H25ClFN3O10S. The fraction of sp³-hybridized carbons (Fsp3) is 0.176. The van der Waals surface area contributed by atoms with Gasteiger partial charge in [0.2, 0.25) is 11.7 Å². The number of rotatable bonds is 10. The number of hydrogen-bond donors (Lipinski definition) is 1. The molecule has 3 aromatic heterocycles. The molecule has 0 aliphatic carbocycles. The van der Waals surface area contributed by atoms with Gasteiger partial charge in [-0.2, -0.15) is 8.96 Å². The van der Waals surface area contributed by atoms with Crippen molar-refractivity contribution in [2.45, 2.75) is 31.5 Å². The van der Waals surface area contributed by atoms with Crippen molar-refractivity contribution < 1.29 is 42.8 Å². The van der Waals surface area contributed by atoms with Crippen LogP contribution >= 0.6 is 22.9 Å². The van der Waals surface area contributed by atoms with Crippen molar-refractivity contribution in [1.29, 1.82) is 0 Å². The summed E-state index contributed by atoms with van der Waals surface area (Å²) in [6.07, 6.45) is -0.970. The molecule has 13 nitrogen and oxygen atoms in total. The summed E-state index contributed by atoms with van der Waals surface area (Å²) in [5.74, 6) is -4.82. The molecule has 5 aromatic rings. The van der Waals surface area contributed by atoms with E-state index in [1.807, 2.05) is 17.5 Å². The topological polar surface area (TPSA) is 165 Å². The Bertz CT molecular complexity index is 2170. The third-order valence-corrected chi connectivity index (χ3v) is 8.65. The molecule has 0 saturated carbocycles. The van der Waals surface area contributed by atoms with E-state index >= 15 is 0 Å². The number of nitrogens with zero attached hydrogens (tertiary/aromatic N) is 3. The van der Waals surface area contributed by atoms with Crippen LogP contribution in [-0.2, 0) is 16.1 Å². The first-order valence-electron chi connectivity index (χ1n) is 14.9. The number of aliphatic hydroxyl groups excluding tert-OH is 1. The van der Waals surface area contributed by atoms with E-state index in [1.165, 1.54) is 41.7 Å². The van der Waals surface area contributed by atoms with Gasteiger partial charge in [-0.3, -0.25) is 14.2 Å². The molecule has 16 heteroatoms. The normalized spacial score (nSPS) is 17.0. The smallest absolute Gasteiger partial charge is 0.344 e. The first-order valence-corrected chi connectivity index (χ1v) is 16.1. The number of carbonyl (C=O) groups excluding carboxylic acids is 3. The highest BCUT2D eigenvalue weighted by Crippen LogP contribution is 2.31. The molecule has 0 unspecified atom stereocenters. The number of aromatic nitrogens is 3. The fourth-order valence-corrected chi connectivity index (χ4v) is 5.82. The zero-order valence-electron chi connectivity index (χ0n) is 25.6. The maximum atomic E-state index is 14.9. The average molecular weight is 722 g/mol. The van der Waals surface area contributed by atoms with Crippen molar-refractivity contribution in [3.05, 3.63) is 144 Å². The highest BCUT2D eigenvalue weighted by Gasteiger charge is 2.38. The van der Waals surface area contributed by atoms with Gasteiger partial charge in [-0.1, -0.05) is 41.9 Å². The molecule has 0 amide bonds. The maximum absolute atomic E-state index is 14.9. The Morgan fingerprint density at radius 2 is 1.72 bits per heavy atom. The van der Waals surface area contributed by atoms with Crippen LogP contribution in [-0.4, -0.2) is 55.9 Å². The van der Waals surface area contributed by atoms with Gasteiger partial charge in [0.05, 0.1) is 42.8 Å². The summed E-state index contributed by atoms with van der Waals surface area (Å²) in [6, 6.07) is 17.7. The summed E-state index contributed by atoms with van der Waals surface area (Å²) in [7, 11) is 0. The van der Waals surface area contributed by atoms with Gasteiger partial charge in [-0.15, -0.1) is 11.3 Å². The van der Waals surface area contributed by atoms with E-state index in [0.29, 0.717) is 6.20 Å². The molecule has 0 bridgehead atoms. The van der Waals surface area contributed by atoms with Crippen LogP contribution in [0.4, 0.5) is 4.39 Å². The Kier molecular flexibility index (Phi) is 10.4. The zero-order valence-corrected chi connectivity index (χ0v) is 27.2. The summed E-state index contributed by atoms with van der Waals surface area (Å²) in [5, 5.41) is 11.7. The van der Waals surface area contributed by atoms with Gasteiger partial charge >= 0.3 is 17.6 Å². The van der Waals surface area contributed by atoms with Crippen molar-refractivity contribution >= 4 is 40.8 Å². The molecule has 2 aromatic carbocycles. The van der Waals surface area contributed by atoms with E-state index in [0.717, 1.165) is 27.8 Å². The Hall–Kier alpha value is -5.32. The van der Waals surface area contributed by atoms with Crippen molar-refractivity contribution in [3.8, 4) is 11.6 Å². The predicted octanol–water partition coefficient (Wildman–Crippen LogP) is 4.25. The molecule has 6 rings (SSSR count). The van der Waals surface area contributed by atoms with E-state index in [2.05, 4.69) is 4.98 Å². The minimum absolute atomic E-state index is 0.00950. The van der Waals surface area contributed by atoms with Gasteiger partial charge in [0.1, 0.15) is 17.4 Å². The monoisotopic (exact) mass is 721 g/mol. The van der Waals surface area contributed by atoms with Crippen LogP contribution in [0.5, 0.6) is 11.6 Å². The molecular weight excluding hydrogens is 697 g/mol. The number of esters is 2. The third kappa shape index (κ3) is 7.46. The highest BCUT2D eigenvalue weighted by atomic mass is 35.5. The second-order valence-corrected chi connectivity index (χ2v) is 12.2. The van der Waals surface area contributed by atoms with Gasteiger partial charge in [0.25, 0.3) is 11.5 Å². The maximum Gasteiger partial charge on any atom is 0.344 e. The van der Waals surface area contributed by atoms with Crippen LogP contribution in [0.2, 0.25) is 5.02 Å².